The summed E-state index contributed by atoms with van der Waals surface area (Å²) in [6, 6.07) is 7.57. The number of halogens is 1. The fourth-order valence-corrected chi connectivity index (χ4v) is 3.14. The Bertz CT molecular complexity index is 758. The molecule has 0 unspecified atom stereocenters. The van der Waals surface area contributed by atoms with Crippen LogP contribution in [0.2, 0.25) is 5.02 Å². The summed E-state index contributed by atoms with van der Waals surface area (Å²) in [6.45, 7) is 2.36. The van der Waals surface area contributed by atoms with Gasteiger partial charge in [-0.05, 0) is 24.6 Å². The maximum atomic E-state index is 12.1. The molecule has 0 bridgehead atoms. The van der Waals surface area contributed by atoms with Gasteiger partial charge >= 0.3 is 0 Å². The SMILES string of the molecule is Cc1sc(C(=O)NCc2cccc3[nH]ncc23)cc1Cl. The van der Waals surface area contributed by atoms with Gasteiger partial charge in [0.05, 0.1) is 21.6 Å². The van der Waals surface area contributed by atoms with Gasteiger partial charge in [-0.1, -0.05) is 23.7 Å². The van der Waals surface area contributed by atoms with E-state index in [2.05, 4.69) is 15.5 Å². The zero-order valence-corrected chi connectivity index (χ0v) is 12.3. The van der Waals surface area contributed by atoms with Gasteiger partial charge in [0.25, 0.3) is 5.91 Å². The molecule has 0 atom stereocenters. The molecule has 0 fully saturated rings. The highest BCUT2D eigenvalue weighted by molar-refractivity contribution is 7.14. The minimum atomic E-state index is -0.106. The molecule has 2 N–H and O–H groups in total. The van der Waals surface area contributed by atoms with Gasteiger partial charge in [0, 0.05) is 16.8 Å². The summed E-state index contributed by atoms with van der Waals surface area (Å²) < 4.78 is 0. The van der Waals surface area contributed by atoms with E-state index in [0.717, 1.165) is 21.3 Å². The highest BCUT2D eigenvalue weighted by Gasteiger charge is 2.11. The fraction of sp³-hybridized carbons (Fsp3) is 0.143. The fourth-order valence-electron chi connectivity index (χ4n) is 2.02. The maximum Gasteiger partial charge on any atom is 0.261 e. The van der Waals surface area contributed by atoms with Crippen molar-refractivity contribution in [3.05, 3.63) is 50.8 Å². The lowest BCUT2D eigenvalue weighted by Gasteiger charge is -2.04. The molecule has 4 nitrogen and oxygen atoms in total. The van der Waals surface area contributed by atoms with E-state index in [1.54, 1.807) is 12.3 Å². The Kier molecular flexibility index (Phi) is 3.46. The number of aromatic nitrogens is 2. The first-order valence-corrected chi connectivity index (χ1v) is 7.29. The van der Waals surface area contributed by atoms with Crippen molar-refractivity contribution >= 4 is 39.7 Å². The third kappa shape index (κ3) is 2.42. The average molecular weight is 306 g/mol. The molecule has 1 amide bonds. The van der Waals surface area contributed by atoms with Crippen LogP contribution in [0.3, 0.4) is 0 Å². The van der Waals surface area contributed by atoms with Crippen molar-refractivity contribution in [2.75, 3.05) is 0 Å². The summed E-state index contributed by atoms with van der Waals surface area (Å²) in [4.78, 5) is 13.7. The van der Waals surface area contributed by atoms with Gasteiger partial charge in [-0.3, -0.25) is 9.89 Å². The summed E-state index contributed by atoms with van der Waals surface area (Å²) in [6.07, 6.45) is 1.77. The molecule has 6 heteroatoms. The van der Waals surface area contributed by atoms with Gasteiger partial charge in [0.15, 0.2) is 0 Å². The highest BCUT2D eigenvalue weighted by atomic mass is 35.5. The zero-order chi connectivity index (χ0) is 14.1. The standard InChI is InChI=1S/C14H12ClN3OS/c1-8-11(15)5-13(20-8)14(19)16-6-9-3-2-4-12-10(9)7-17-18-12/h2-5,7H,6H2,1H3,(H,16,19)(H,17,18). The number of hydrogen-bond donors (Lipinski definition) is 2. The van der Waals surface area contributed by atoms with Gasteiger partial charge in [-0.15, -0.1) is 11.3 Å². The van der Waals surface area contributed by atoms with Gasteiger partial charge in [0.1, 0.15) is 0 Å². The van der Waals surface area contributed by atoms with Crippen LogP contribution < -0.4 is 5.32 Å². The monoisotopic (exact) mass is 305 g/mol. The third-order valence-electron chi connectivity index (χ3n) is 3.10. The van der Waals surface area contributed by atoms with Crippen molar-refractivity contribution in [1.29, 1.82) is 0 Å². The van der Waals surface area contributed by atoms with Crippen LogP contribution in [0.15, 0.2) is 30.5 Å². The average Bonchev–Trinajstić information content (AvgIpc) is 3.03. The lowest BCUT2D eigenvalue weighted by Crippen LogP contribution is -2.21. The molecule has 102 valence electrons. The largest absolute Gasteiger partial charge is 0.347 e. The normalized spacial score (nSPS) is 10.9. The van der Waals surface area contributed by atoms with Gasteiger partial charge in [0.2, 0.25) is 0 Å². The third-order valence-corrected chi connectivity index (χ3v) is 4.65. The summed E-state index contributed by atoms with van der Waals surface area (Å²) in [5.41, 5.74) is 2.00. The van der Waals surface area contributed by atoms with Gasteiger partial charge in [-0.25, -0.2) is 0 Å². The molecule has 2 heterocycles. The number of rotatable bonds is 3. The van der Waals surface area contributed by atoms with Crippen molar-refractivity contribution in [1.82, 2.24) is 15.5 Å². The predicted molar refractivity (Wildman–Crippen MR) is 81.3 cm³/mol. The topological polar surface area (TPSA) is 57.8 Å². The van der Waals surface area contributed by atoms with E-state index in [-0.39, 0.29) is 5.91 Å². The number of aromatic amines is 1. The smallest absolute Gasteiger partial charge is 0.261 e. The summed E-state index contributed by atoms with van der Waals surface area (Å²) in [5, 5.41) is 11.5. The summed E-state index contributed by atoms with van der Waals surface area (Å²) in [7, 11) is 0. The Morgan fingerprint density at radius 3 is 3.10 bits per heavy atom. The highest BCUT2D eigenvalue weighted by Crippen LogP contribution is 2.25. The molecule has 0 aliphatic carbocycles. The van der Waals surface area contributed by atoms with Crippen LogP contribution in [-0.2, 0) is 6.54 Å². The van der Waals surface area contributed by atoms with Crippen LogP contribution in [0.1, 0.15) is 20.1 Å². The van der Waals surface area contributed by atoms with Crippen molar-refractivity contribution in [3.63, 3.8) is 0 Å². The molecule has 3 rings (SSSR count). The Balaban J connectivity index is 1.76. The zero-order valence-electron chi connectivity index (χ0n) is 10.7. The molecule has 0 aliphatic rings. The van der Waals surface area contributed by atoms with Crippen molar-refractivity contribution < 1.29 is 4.79 Å². The first-order valence-electron chi connectivity index (χ1n) is 6.10. The van der Waals surface area contributed by atoms with E-state index in [0.29, 0.717) is 16.4 Å². The molecule has 1 aromatic carbocycles. The lowest BCUT2D eigenvalue weighted by molar-refractivity contribution is 0.0955. The summed E-state index contributed by atoms with van der Waals surface area (Å²) in [5.74, 6) is -0.106. The number of carbonyl (C=O) groups excluding carboxylic acids is 1. The van der Waals surface area contributed by atoms with E-state index in [1.807, 2.05) is 25.1 Å². The lowest BCUT2D eigenvalue weighted by atomic mass is 10.1. The second-order valence-corrected chi connectivity index (χ2v) is 6.11. The van der Waals surface area contributed by atoms with Crippen molar-refractivity contribution in [3.8, 4) is 0 Å². The Morgan fingerprint density at radius 1 is 1.50 bits per heavy atom. The van der Waals surface area contributed by atoms with Crippen LogP contribution in [0.4, 0.5) is 0 Å². The number of hydrogen-bond acceptors (Lipinski definition) is 3. The Hall–Kier alpha value is -1.85. The molecule has 20 heavy (non-hydrogen) atoms. The molecule has 2 aromatic heterocycles. The molecular weight excluding hydrogens is 294 g/mol. The number of carbonyl (C=O) groups is 1. The van der Waals surface area contributed by atoms with E-state index >= 15 is 0 Å². The Morgan fingerprint density at radius 2 is 2.35 bits per heavy atom. The first-order chi connectivity index (χ1) is 9.65. The van der Waals surface area contributed by atoms with Crippen LogP contribution in [0.25, 0.3) is 10.9 Å². The molecule has 0 radical (unpaired) electrons. The molecule has 3 aromatic rings. The molecule has 0 spiro atoms. The van der Waals surface area contributed by atoms with Crippen molar-refractivity contribution in [2.24, 2.45) is 0 Å². The first kappa shape index (κ1) is 13.1. The predicted octanol–water partition coefficient (Wildman–Crippen LogP) is 3.52. The number of aryl methyl sites for hydroxylation is 1. The molecule has 0 aliphatic heterocycles. The number of thiophene rings is 1. The summed E-state index contributed by atoms with van der Waals surface area (Å²) >= 11 is 7.37. The van der Waals surface area contributed by atoms with Crippen LogP contribution in [-0.4, -0.2) is 16.1 Å². The maximum absolute atomic E-state index is 12.1. The second-order valence-electron chi connectivity index (χ2n) is 4.45. The second kappa shape index (κ2) is 5.26. The van der Waals surface area contributed by atoms with E-state index in [9.17, 15) is 4.79 Å². The number of nitrogens with one attached hydrogen (secondary N) is 2. The van der Waals surface area contributed by atoms with Crippen LogP contribution >= 0.6 is 22.9 Å². The molecule has 0 saturated carbocycles. The number of benzene rings is 1. The number of amides is 1. The van der Waals surface area contributed by atoms with E-state index in [1.165, 1.54) is 11.3 Å². The minimum Gasteiger partial charge on any atom is -0.347 e. The van der Waals surface area contributed by atoms with E-state index in [4.69, 9.17) is 11.6 Å². The molecule has 0 saturated heterocycles. The van der Waals surface area contributed by atoms with Gasteiger partial charge < -0.3 is 5.32 Å². The van der Waals surface area contributed by atoms with Crippen LogP contribution in [0, 0.1) is 6.92 Å². The van der Waals surface area contributed by atoms with Crippen LogP contribution in [0.5, 0.6) is 0 Å². The number of H-pyrrole nitrogens is 1. The van der Waals surface area contributed by atoms with Crippen molar-refractivity contribution in [2.45, 2.75) is 13.5 Å². The number of nitrogens with zero attached hydrogens (tertiary/aromatic N) is 1. The molecular formula is C14H12ClN3OS. The quantitative estimate of drug-likeness (QED) is 0.778. The minimum absolute atomic E-state index is 0.106. The van der Waals surface area contributed by atoms with Gasteiger partial charge in [-0.2, -0.15) is 5.10 Å². The Labute approximate surface area is 124 Å². The van der Waals surface area contributed by atoms with E-state index < -0.39 is 0 Å². The number of fused-ring (bicyclic) bond motifs is 1.